The number of halogens is 1. The standard InChI is InChI=1S/C30H33FN4O3/c1-2-26(34(18-21-8-4-3-5-9-21)19-22-12-14-23(31)15-13-22)24-20-33(30(37)38)17-16-27(24)35-28-11-7-6-10-25(28)32-29(35)36/h3-15,24,26-27H,2,16-20H2,1H3,(H,32,36)(H,37,38). The second kappa shape index (κ2) is 11.2. The second-order valence-corrected chi connectivity index (χ2v) is 10.1. The van der Waals surface area contributed by atoms with Crippen molar-refractivity contribution in [2.24, 2.45) is 5.92 Å². The van der Waals surface area contributed by atoms with Crippen LogP contribution in [0.4, 0.5) is 9.18 Å². The maximum Gasteiger partial charge on any atom is 0.407 e. The lowest BCUT2D eigenvalue weighted by Crippen LogP contribution is -2.53. The molecule has 1 aliphatic rings. The number of H-pyrrole nitrogens is 1. The first-order chi connectivity index (χ1) is 18.4. The van der Waals surface area contributed by atoms with Gasteiger partial charge in [-0.2, -0.15) is 0 Å². The van der Waals surface area contributed by atoms with E-state index in [2.05, 4.69) is 28.9 Å². The number of nitrogens with one attached hydrogen (secondary N) is 1. The molecule has 0 spiro atoms. The average Bonchev–Trinajstić information content (AvgIpc) is 3.26. The van der Waals surface area contributed by atoms with E-state index in [-0.39, 0.29) is 29.5 Å². The van der Waals surface area contributed by atoms with Crippen molar-refractivity contribution in [1.29, 1.82) is 0 Å². The van der Waals surface area contributed by atoms with E-state index in [1.54, 1.807) is 12.1 Å². The summed E-state index contributed by atoms with van der Waals surface area (Å²) in [4.78, 5) is 32.1. The Morgan fingerprint density at radius 1 is 1.03 bits per heavy atom. The number of hydrogen-bond donors (Lipinski definition) is 2. The lowest BCUT2D eigenvalue weighted by atomic mass is 9.83. The van der Waals surface area contributed by atoms with Crippen LogP contribution < -0.4 is 5.69 Å². The number of nitrogens with zero attached hydrogens (tertiary/aromatic N) is 3. The quantitative estimate of drug-likeness (QED) is 0.325. The SMILES string of the molecule is CCC(C1CN(C(=O)O)CCC1n1c(=O)[nH]c2ccccc21)N(Cc1ccccc1)Cc1ccc(F)cc1. The molecule has 0 radical (unpaired) electrons. The van der Waals surface area contributed by atoms with E-state index in [0.29, 0.717) is 32.6 Å². The Morgan fingerprint density at radius 3 is 2.37 bits per heavy atom. The number of carbonyl (C=O) groups is 1. The van der Waals surface area contributed by atoms with Gasteiger partial charge in [-0.05, 0) is 48.2 Å². The molecule has 1 saturated heterocycles. The van der Waals surface area contributed by atoms with Crippen molar-refractivity contribution in [3.8, 4) is 0 Å². The van der Waals surface area contributed by atoms with Gasteiger partial charge < -0.3 is 15.0 Å². The molecule has 0 bridgehead atoms. The van der Waals surface area contributed by atoms with E-state index in [4.69, 9.17) is 0 Å². The molecule has 1 fully saturated rings. The predicted molar refractivity (Wildman–Crippen MR) is 145 cm³/mol. The molecule has 3 aromatic carbocycles. The Hall–Kier alpha value is -3.91. The van der Waals surface area contributed by atoms with E-state index in [0.717, 1.165) is 28.6 Å². The average molecular weight is 517 g/mol. The Labute approximate surface area is 221 Å². The fraction of sp³-hybridized carbons (Fsp3) is 0.333. The Kier molecular flexibility index (Phi) is 7.60. The third-order valence-electron chi connectivity index (χ3n) is 7.76. The highest BCUT2D eigenvalue weighted by atomic mass is 19.1. The normalized spacial score (nSPS) is 18.7. The fourth-order valence-corrected chi connectivity index (χ4v) is 6.01. The van der Waals surface area contributed by atoms with Gasteiger partial charge in [-0.25, -0.2) is 14.0 Å². The van der Waals surface area contributed by atoms with Gasteiger partial charge in [0.15, 0.2) is 0 Å². The van der Waals surface area contributed by atoms with Crippen LogP contribution in [0.25, 0.3) is 11.0 Å². The number of likely N-dealkylation sites (tertiary alicyclic amines) is 1. The van der Waals surface area contributed by atoms with Crippen molar-refractivity contribution in [2.45, 2.75) is 44.9 Å². The number of benzene rings is 3. The molecule has 7 nitrogen and oxygen atoms in total. The molecule has 1 amide bonds. The van der Waals surface area contributed by atoms with Crippen LogP contribution in [0.1, 0.15) is 36.9 Å². The lowest BCUT2D eigenvalue weighted by Gasteiger charge is -2.45. The first kappa shape index (κ1) is 25.7. The topological polar surface area (TPSA) is 81.6 Å². The molecular weight excluding hydrogens is 483 g/mol. The van der Waals surface area contributed by atoms with Gasteiger partial charge >= 0.3 is 11.8 Å². The summed E-state index contributed by atoms with van der Waals surface area (Å²) in [5.74, 6) is -0.413. The predicted octanol–water partition coefficient (Wildman–Crippen LogP) is 5.49. The van der Waals surface area contributed by atoms with Gasteiger partial charge in [-0.15, -0.1) is 0 Å². The third kappa shape index (κ3) is 5.36. The first-order valence-corrected chi connectivity index (χ1v) is 13.1. The molecule has 5 rings (SSSR count). The molecule has 1 aromatic heterocycles. The summed E-state index contributed by atoms with van der Waals surface area (Å²) in [6.07, 6.45) is 0.368. The number of aromatic amines is 1. The van der Waals surface area contributed by atoms with Crippen molar-refractivity contribution >= 4 is 17.1 Å². The maximum atomic E-state index is 13.7. The van der Waals surface area contributed by atoms with Gasteiger partial charge in [0.1, 0.15) is 5.82 Å². The second-order valence-electron chi connectivity index (χ2n) is 10.1. The zero-order chi connectivity index (χ0) is 26.6. The monoisotopic (exact) mass is 516 g/mol. The largest absolute Gasteiger partial charge is 0.465 e. The Morgan fingerprint density at radius 2 is 1.68 bits per heavy atom. The maximum absolute atomic E-state index is 13.7. The number of hydrogen-bond acceptors (Lipinski definition) is 3. The summed E-state index contributed by atoms with van der Waals surface area (Å²) < 4.78 is 15.5. The summed E-state index contributed by atoms with van der Waals surface area (Å²) in [6.45, 7) is 4.04. The summed E-state index contributed by atoms with van der Waals surface area (Å²) in [6, 6.07) is 24.1. The highest BCUT2D eigenvalue weighted by Crippen LogP contribution is 2.36. The molecule has 8 heteroatoms. The minimum atomic E-state index is -0.942. The highest BCUT2D eigenvalue weighted by Gasteiger charge is 2.40. The van der Waals surface area contributed by atoms with Crippen molar-refractivity contribution < 1.29 is 14.3 Å². The van der Waals surface area contributed by atoms with Gasteiger partial charge in [0.05, 0.1) is 11.0 Å². The molecule has 198 valence electrons. The van der Waals surface area contributed by atoms with E-state index in [1.165, 1.54) is 17.0 Å². The van der Waals surface area contributed by atoms with Crippen LogP contribution in [0.2, 0.25) is 0 Å². The van der Waals surface area contributed by atoms with Gasteiger partial charge in [-0.3, -0.25) is 9.47 Å². The van der Waals surface area contributed by atoms with Gasteiger partial charge in [-0.1, -0.05) is 61.5 Å². The van der Waals surface area contributed by atoms with Gasteiger partial charge in [0, 0.05) is 44.2 Å². The fourth-order valence-electron chi connectivity index (χ4n) is 6.01. The molecule has 1 aliphatic heterocycles. The van der Waals surface area contributed by atoms with Gasteiger partial charge in [0.25, 0.3) is 0 Å². The summed E-state index contributed by atoms with van der Waals surface area (Å²) >= 11 is 0. The van der Waals surface area contributed by atoms with Crippen LogP contribution in [0.15, 0.2) is 83.7 Å². The van der Waals surface area contributed by atoms with Crippen LogP contribution in [0, 0.1) is 11.7 Å². The molecule has 0 saturated carbocycles. The van der Waals surface area contributed by atoms with E-state index < -0.39 is 6.09 Å². The summed E-state index contributed by atoms with van der Waals surface area (Å²) in [7, 11) is 0. The molecule has 0 aliphatic carbocycles. The van der Waals surface area contributed by atoms with Crippen molar-refractivity contribution in [3.63, 3.8) is 0 Å². The third-order valence-corrected chi connectivity index (χ3v) is 7.76. The van der Waals surface area contributed by atoms with E-state index in [1.807, 2.05) is 47.0 Å². The molecule has 3 atom stereocenters. The molecule has 2 N–H and O–H groups in total. The molecular formula is C30H33FN4O3. The molecule has 4 aromatic rings. The summed E-state index contributed by atoms with van der Waals surface area (Å²) in [5, 5.41) is 9.89. The zero-order valence-electron chi connectivity index (χ0n) is 21.5. The van der Waals surface area contributed by atoms with E-state index in [9.17, 15) is 19.1 Å². The van der Waals surface area contributed by atoms with Crippen LogP contribution >= 0.6 is 0 Å². The van der Waals surface area contributed by atoms with Crippen LogP contribution in [-0.4, -0.2) is 49.7 Å². The number of carboxylic acid groups (broad SMARTS) is 1. The molecule has 2 heterocycles. The minimum Gasteiger partial charge on any atom is -0.465 e. The molecule has 3 unspecified atom stereocenters. The molecule has 38 heavy (non-hydrogen) atoms. The van der Waals surface area contributed by atoms with E-state index >= 15 is 0 Å². The Bertz CT molecular complexity index is 1430. The Balaban J connectivity index is 1.56. The van der Waals surface area contributed by atoms with Crippen LogP contribution in [0.3, 0.4) is 0 Å². The van der Waals surface area contributed by atoms with Crippen LogP contribution in [0.5, 0.6) is 0 Å². The number of rotatable bonds is 8. The lowest BCUT2D eigenvalue weighted by molar-refractivity contribution is 0.0341. The minimum absolute atomic E-state index is 0.0343. The van der Waals surface area contributed by atoms with Gasteiger partial charge in [0.2, 0.25) is 0 Å². The zero-order valence-corrected chi connectivity index (χ0v) is 21.5. The number of fused-ring (bicyclic) bond motifs is 1. The number of imidazole rings is 1. The number of aromatic nitrogens is 2. The number of piperidine rings is 1. The van der Waals surface area contributed by atoms with Crippen molar-refractivity contribution in [3.05, 3.63) is 106 Å². The van der Waals surface area contributed by atoms with Crippen molar-refractivity contribution in [2.75, 3.05) is 13.1 Å². The number of amides is 1. The number of para-hydroxylation sites is 2. The smallest absolute Gasteiger partial charge is 0.407 e. The highest BCUT2D eigenvalue weighted by molar-refractivity contribution is 5.75. The summed E-state index contributed by atoms with van der Waals surface area (Å²) in [5.41, 5.74) is 3.55. The first-order valence-electron chi connectivity index (χ1n) is 13.1. The van der Waals surface area contributed by atoms with Crippen molar-refractivity contribution in [1.82, 2.24) is 19.4 Å². The van der Waals surface area contributed by atoms with Crippen LogP contribution in [-0.2, 0) is 13.1 Å².